The lowest BCUT2D eigenvalue weighted by Crippen LogP contribution is -2.18. The standard InChI is InChI=1S/C11H14BrNO/c1-14-11-8(12)6-5-7-3-2-4-9(13)10(7)11/h5-6,9H,2-4,13H2,1H3/t9-/m1/s1. The molecule has 0 amide bonds. The van der Waals surface area contributed by atoms with Crippen LogP contribution in [0.3, 0.4) is 0 Å². The first kappa shape index (κ1) is 9.99. The number of hydrogen-bond donors (Lipinski definition) is 1. The lowest BCUT2D eigenvalue weighted by molar-refractivity contribution is 0.396. The van der Waals surface area contributed by atoms with Gasteiger partial charge in [0.15, 0.2) is 0 Å². The Bertz CT molecular complexity index is 351. The van der Waals surface area contributed by atoms with Crippen LogP contribution >= 0.6 is 15.9 Å². The number of methoxy groups -OCH3 is 1. The zero-order valence-corrected chi connectivity index (χ0v) is 9.80. The van der Waals surface area contributed by atoms with Gasteiger partial charge in [0, 0.05) is 11.6 Å². The lowest BCUT2D eigenvalue weighted by Gasteiger charge is -2.25. The Balaban J connectivity index is 2.57. The number of benzene rings is 1. The van der Waals surface area contributed by atoms with Crippen molar-refractivity contribution in [1.82, 2.24) is 0 Å². The Hall–Kier alpha value is -0.540. The highest BCUT2D eigenvalue weighted by Crippen LogP contribution is 2.39. The smallest absolute Gasteiger partial charge is 0.138 e. The molecule has 0 aliphatic heterocycles. The molecule has 1 atom stereocenters. The summed E-state index contributed by atoms with van der Waals surface area (Å²) in [5, 5.41) is 0. The molecule has 1 aliphatic carbocycles. The number of ether oxygens (including phenoxy) is 1. The fourth-order valence-electron chi connectivity index (χ4n) is 2.10. The third-order valence-electron chi connectivity index (χ3n) is 2.77. The molecule has 1 aromatic rings. The topological polar surface area (TPSA) is 35.2 Å². The summed E-state index contributed by atoms with van der Waals surface area (Å²) in [6.07, 6.45) is 3.35. The normalized spacial score (nSPS) is 20.4. The summed E-state index contributed by atoms with van der Waals surface area (Å²) in [5.41, 5.74) is 8.62. The minimum absolute atomic E-state index is 0.131. The molecule has 0 heterocycles. The number of halogens is 1. The summed E-state index contributed by atoms with van der Waals surface area (Å²) < 4.78 is 6.38. The predicted octanol–water partition coefficient (Wildman–Crippen LogP) is 2.79. The molecule has 0 unspecified atom stereocenters. The molecule has 0 aromatic heterocycles. The largest absolute Gasteiger partial charge is 0.495 e. The molecule has 0 saturated carbocycles. The van der Waals surface area contributed by atoms with E-state index in [0.29, 0.717) is 0 Å². The first-order valence-corrected chi connectivity index (χ1v) is 5.64. The average molecular weight is 256 g/mol. The fraction of sp³-hybridized carbons (Fsp3) is 0.455. The van der Waals surface area contributed by atoms with Gasteiger partial charge in [-0.1, -0.05) is 6.07 Å². The highest BCUT2D eigenvalue weighted by atomic mass is 79.9. The Morgan fingerprint density at radius 2 is 2.29 bits per heavy atom. The van der Waals surface area contributed by atoms with Gasteiger partial charge in [0.1, 0.15) is 5.75 Å². The molecule has 2 nitrogen and oxygen atoms in total. The van der Waals surface area contributed by atoms with E-state index in [-0.39, 0.29) is 6.04 Å². The molecular formula is C11H14BrNO. The Kier molecular flexibility index (Phi) is 2.79. The molecule has 3 heteroatoms. The number of fused-ring (bicyclic) bond motifs is 1. The summed E-state index contributed by atoms with van der Waals surface area (Å²) in [6, 6.07) is 4.31. The maximum Gasteiger partial charge on any atom is 0.138 e. The van der Waals surface area contributed by atoms with E-state index in [0.717, 1.165) is 23.1 Å². The van der Waals surface area contributed by atoms with Crippen LogP contribution in [-0.4, -0.2) is 7.11 Å². The lowest BCUT2D eigenvalue weighted by atomic mass is 9.87. The van der Waals surface area contributed by atoms with Crippen molar-refractivity contribution in [3.8, 4) is 5.75 Å². The molecule has 0 spiro atoms. The maximum atomic E-state index is 6.09. The molecule has 0 saturated heterocycles. The van der Waals surface area contributed by atoms with Crippen LogP contribution in [0.1, 0.15) is 30.0 Å². The molecule has 76 valence electrons. The zero-order chi connectivity index (χ0) is 10.1. The molecule has 0 bridgehead atoms. The second kappa shape index (κ2) is 3.91. The first-order valence-electron chi connectivity index (χ1n) is 4.85. The van der Waals surface area contributed by atoms with E-state index in [1.807, 2.05) is 6.07 Å². The second-order valence-electron chi connectivity index (χ2n) is 3.65. The third kappa shape index (κ3) is 1.55. The number of nitrogens with two attached hydrogens (primary N) is 1. The van der Waals surface area contributed by atoms with Crippen LogP contribution < -0.4 is 10.5 Å². The van der Waals surface area contributed by atoms with Crippen LogP contribution in [0, 0.1) is 0 Å². The number of aryl methyl sites for hydroxylation is 1. The zero-order valence-electron chi connectivity index (χ0n) is 8.22. The first-order chi connectivity index (χ1) is 6.74. The molecule has 1 aliphatic rings. The van der Waals surface area contributed by atoms with Crippen LogP contribution in [0.2, 0.25) is 0 Å². The van der Waals surface area contributed by atoms with E-state index in [1.165, 1.54) is 17.5 Å². The van der Waals surface area contributed by atoms with Gasteiger partial charge >= 0.3 is 0 Å². The van der Waals surface area contributed by atoms with Gasteiger partial charge in [-0.05, 0) is 46.8 Å². The minimum Gasteiger partial charge on any atom is -0.495 e. The van der Waals surface area contributed by atoms with Gasteiger partial charge in [-0.2, -0.15) is 0 Å². The van der Waals surface area contributed by atoms with Crippen molar-refractivity contribution in [2.45, 2.75) is 25.3 Å². The molecule has 0 radical (unpaired) electrons. The van der Waals surface area contributed by atoms with E-state index in [4.69, 9.17) is 10.5 Å². The molecule has 2 N–H and O–H groups in total. The second-order valence-corrected chi connectivity index (χ2v) is 4.51. The van der Waals surface area contributed by atoms with E-state index in [2.05, 4.69) is 22.0 Å². The van der Waals surface area contributed by atoms with Gasteiger partial charge < -0.3 is 10.5 Å². The van der Waals surface area contributed by atoms with Gasteiger partial charge in [-0.3, -0.25) is 0 Å². The SMILES string of the molecule is COc1c(Br)ccc2c1[C@H](N)CCC2. The van der Waals surface area contributed by atoms with Gasteiger partial charge in [0.25, 0.3) is 0 Å². The predicted molar refractivity (Wildman–Crippen MR) is 60.6 cm³/mol. The van der Waals surface area contributed by atoms with Crippen molar-refractivity contribution < 1.29 is 4.74 Å². The van der Waals surface area contributed by atoms with E-state index in [1.54, 1.807) is 7.11 Å². The van der Waals surface area contributed by atoms with Crippen molar-refractivity contribution >= 4 is 15.9 Å². The summed E-state index contributed by atoms with van der Waals surface area (Å²) in [6.45, 7) is 0. The summed E-state index contributed by atoms with van der Waals surface area (Å²) in [7, 11) is 1.70. The molecule has 2 rings (SSSR count). The molecule has 0 fully saturated rings. The van der Waals surface area contributed by atoms with Crippen molar-refractivity contribution in [2.24, 2.45) is 5.73 Å². The van der Waals surface area contributed by atoms with Crippen LogP contribution in [0.5, 0.6) is 5.75 Å². The van der Waals surface area contributed by atoms with Crippen molar-refractivity contribution in [2.75, 3.05) is 7.11 Å². The average Bonchev–Trinajstić information content (AvgIpc) is 2.19. The number of hydrogen-bond acceptors (Lipinski definition) is 2. The van der Waals surface area contributed by atoms with Gasteiger partial charge in [0.05, 0.1) is 11.6 Å². The maximum absolute atomic E-state index is 6.09. The number of rotatable bonds is 1. The van der Waals surface area contributed by atoms with Crippen molar-refractivity contribution in [1.29, 1.82) is 0 Å². The fourth-order valence-corrected chi connectivity index (χ4v) is 2.61. The molecule has 1 aromatic carbocycles. The van der Waals surface area contributed by atoms with Crippen LogP contribution in [0.15, 0.2) is 16.6 Å². The van der Waals surface area contributed by atoms with E-state index in [9.17, 15) is 0 Å². The summed E-state index contributed by atoms with van der Waals surface area (Å²) in [4.78, 5) is 0. The van der Waals surface area contributed by atoms with E-state index < -0.39 is 0 Å². The van der Waals surface area contributed by atoms with Gasteiger partial charge in [0.2, 0.25) is 0 Å². The Morgan fingerprint density at radius 3 is 3.00 bits per heavy atom. The molecule has 14 heavy (non-hydrogen) atoms. The van der Waals surface area contributed by atoms with Gasteiger partial charge in [-0.25, -0.2) is 0 Å². The Morgan fingerprint density at radius 1 is 1.50 bits per heavy atom. The Labute approximate surface area is 92.6 Å². The van der Waals surface area contributed by atoms with Gasteiger partial charge in [-0.15, -0.1) is 0 Å². The van der Waals surface area contributed by atoms with Crippen LogP contribution in [-0.2, 0) is 6.42 Å². The van der Waals surface area contributed by atoms with Crippen LogP contribution in [0.4, 0.5) is 0 Å². The minimum atomic E-state index is 0.131. The van der Waals surface area contributed by atoms with Crippen molar-refractivity contribution in [3.63, 3.8) is 0 Å². The van der Waals surface area contributed by atoms with Crippen molar-refractivity contribution in [3.05, 3.63) is 27.7 Å². The third-order valence-corrected chi connectivity index (χ3v) is 3.40. The quantitative estimate of drug-likeness (QED) is 0.838. The molecular weight excluding hydrogens is 242 g/mol. The monoisotopic (exact) mass is 255 g/mol. The summed E-state index contributed by atoms with van der Waals surface area (Å²) in [5.74, 6) is 0.912. The van der Waals surface area contributed by atoms with E-state index >= 15 is 0 Å². The highest BCUT2D eigenvalue weighted by Gasteiger charge is 2.22. The highest BCUT2D eigenvalue weighted by molar-refractivity contribution is 9.10. The summed E-state index contributed by atoms with van der Waals surface area (Å²) >= 11 is 3.48. The van der Waals surface area contributed by atoms with Crippen LogP contribution in [0.25, 0.3) is 0 Å².